The molecule has 148 valence electrons. The van der Waals surface area contributed by atoms with Gasteiger partial charge in [0, 0.05) is 18.0 Å². The van der Waals surface area contributed by atoms with Gasteiger partial charge < -0.3 is 9.30 Å². The van der Waals surface area contributed by atoms with Crippen molar-refractivity contribution >= 4 is 22.6 Å². The second-order valence-electron chi connectivity index (χ2n) is 7.30. The van der Waals surface area contributed by atoms with Crippen molar-refractivity contribution in [3.63, 3.8) is 0 Å². The van der Waals surface area contributed by atoms with Gasteiger partial charge in [-0.25, -0.2) is 4.98 Å². The van der Waals surface area contributed by atoms with Crippen LogP contribution in [0.5, 0.6) is 5.75 Å². The van der Waals surface area contributed by atoms with E-state index >= 15 is 0 Å². The van der Waals surface area contributed by atoms with E-state index in [0.29, 0.717) is 6.61 Å². The molecule has 3 aromatic carbocycles. The van der Waals surface area contributed by atoms with Gasteiger partial charge in [0.05, 0.1) is 17.6 Å². The zero-order chi connectivity index (χ0) is 20.1. The minimum Gasteiger partial charge on any atom is -0.494 e. The van der Waals surface area contributed by atoms with Crippen molar-refractivity contribution < 1.29 is 4.74 Å². The number of benzene rings is 3. The van der Waals surface area contributed by atoms with Crippen LogP contribution in [0.15, 0.2) is 72.8 Å². The molecule has 0 amide bonds. The van der Waals surface area contributed by atoms with Crippen molar-refractivity contribution in [1.82, 2.24) is 9.55 Å². The van der Waals surface area contributed by atoms with Crippen molar-refractivity contribution in [3.05, 3.63) is 94.8 Å². The molecule has 0 atom stereocenters. The van der Waals surface area contributed by atoms with Crippen LogP contribution in [0.2, 0.25) is 5.02 Å². The molecular weight excluding hydrogens is 380 g/mol. The first-order chi connectivity index (χ1) is 14.2. The lowest BCUT2D eigenvalue weighted by Crippen LogP contribution is -2.07. The van der Waals surface area contributed by atoms with Crippen LogP contribution in [-0.4, -0.2) is 16.2 Å². The van der Waals surface area contributed by atoms with Gasteiger partial charge in [-0.15, -0.1) is 0 Å². The zero-order valence-electron chi connectivity index (χ0n) is 16.6. The summed E-state index contributed by atoms with van der Waals surface area (Å²) in [5, 5.41) is 0.773. The molecule has 0 saturated carbocycles. The molecule has 1 aromatic heterocycles. The highest BCUT2D eigenvalue weighted by Crippen LogP contribution is 2.22. The maximum Gasteiger partial charge on any atom is 0.119 e. The normalized spacial score (nSPS) is 11.1. The number of fused-ring (bicyclic) bond motifs is 1. The maximum absolute atomic E-state index is 6.08. The average molecular weight is 405 g/mol. The Kier molecular flexibility index (Phi) is 6.16. The molecule has 1 heterocycles. The number of ether oxygens (including phenoxy) is 1. The van der Waals surface area contributed by atoms with Gasteiger partial charge >= 0.3 is 0 Å². The number of halogens is 1. The third-order valence-corrected chi connectivity index (χ3v) is 5.54. The number of rotatable bonds is 8. The summed E-state index contributed by atoms with van der Waals surface area (Å²) in [6, 6.07) is 24.7. The van der Waals surface area contributed by atoms with E-state index in [1.165, 1.54) is 11.1 Å². The quantitative estimate of drug-likeness (QED) is 0.315. The van der Waals surface area contributed by atoms with Crippen LogP contribution in [0.1, 0.15) is 29.8 Å². The maximum atomic E-state index is 6.08. The second-order valence-corrected chi connectivity index (χ2v) is 7.70. The summed E-state index contributed by atoms with van der Waals surface area (Å²) in [4.78, 5) is 4.89. The summed E-state index contributed by atoms with van der Waals surface area (Å²) in [5.41, 5.74) is 4.59. The summed E-state index contributed by atoms with van der Waals surface area (Å²) >= 11 is 6.08. The fraction of sp³-hybridized carbons (Fsp3) is 0.240. The van der Waals surface area contributed by atoms with Crippen LogP contribution in [-0.2, 0) is 13.0 Å². The molecular formula is C25H25ClN2O. The molecule has 3 nitrogen and oxygen atoms in total. The smallest absolute Gasteiger partial charge is 0.119 e. The Hall–Kier alpha value is -2.78. The number of para-hydroxylation sites is 2. The van der Waals surface area contributed by atoms with Gasteiger partial charge in [0.2, 0.25) is 0 Å². The van der Waals surface area contributed by atoms with Crippen molar-refractivity contribution in [1.29, 1.82) is 0 Å². The molecule has 0 fully saturated rings. The standard InChI is InChI=1S/C25H25ClN2O/c1-19-17-21(13-14-22(19)26)29-16-8-7-15-28-24-12-6-5-11-23(24)27-25(28)18-20-9-3-2-4-10-20/h2-6,9-14,17H,7-8,15-16,18H2,1H3. The second kappa shape index (κ2) is 9.15. The fourth-order valence-electron chi connectivity index (χ4n) is 3.56. The molecule has 0 unspecified atom stereocenters. The first-order valence-electron chi connectivity index (χ1n) is 10.1. The lowest BCUT2D eigenvalue weighted by atomic mass is 10.1. The number of aryl methyl sites for hydroxylation is 2. The van der Waals surface area contributed by atoms with E-state index in [-0.39, 0.29) is 0 Å². The van der Waals surface area contributed by atoms with Crippen LogP contribution >= 0.6 is 11.6 Å². The van der Waals surface area contributed by atoms with Crippen LogP contribution < -0.4 is 4.74 Å². The highest BCUT2D eigenvalue weighted by atomic mass is 35.5. The van der Waals surface area contributed by atoms with Crippen LogP contribution in [0.3, 0.4) is 0 Å². The molecule has 0 saturated heterocycles. The van der Waals surface area contributed by atoms with Crippen LogP contribution in [0.4, 0.5) is 0 Å². The first-order valence-corrected chi connectivity index (χ1v) is 10.5. The van der Waals surface area contributed by atoms with E-state index in [4.69, 9.17) is 21.3 Å². The van der Waals surface area contributed by atoms with Gasteiger partial charge in [-0.3, -0.25) is 0 Å². The van der Waals surface area contributed by atoms with Gasteiger partial charge in [0.15, 0.2) is 0 Å². The van der Waals surface area contributed by atoms with E-state index in [1.807, 2.05) is 31.2 Å². The minimum absolute atomic E-state index is 0.696. The number of hydrogen-bond donors (Lipinski definition) is 0. The lowest BCUT2D eigenvalue weighted by molar-refractivity contribution is 0.303. The Bertz CT molecular complexity index is 1090. The molecule has 0 spiro atoms. The largest absolute Gasteiger partial charge is 0.494 e. The SMILES string of the molecule is Cc1cc(OCCCCn2c(Cc3ccccc3)nc3ccccc32)ccc1Cl. The summed E-state index contributed by atoms with van der Waals surface area (Å²) < 4.78 is 8.25. The van der Waals surface area contributed by atoms with Gasteiger partial charge in [0.25, 0.3) is 0 Å². The predicted molar refractivity (Wildman–Crippen MR) is 120 cm³/mol. The molecule has 4 aromatic rings. The molecule has 0 aliphatic carbocycles. The molecule has 4 heteroatoms. The van der Waals surface area contributed by atoms with E-state index in [9.17, 15) is 0 Å². The highest BCUT2D eigenvalue weighted by Gasteiger charge is 2.11. The van der Waals surface area contributed by atoms with Gasteiger partial charge in [-0.05, 0) is 61.2 Å². The zero-order valence-corrected chi connectivity index (χ0v) is 17.4. The van der Waals surface area contributed by atoms with Crippen molar-refractivity contribution in [2.75, 3.05) is 6.61 Å². The van der Waals surface area contributed by atoms with Crippen LogP contribution in [0.25, 0.3) is 11.0 Å². The van der Waals surface area contributed by atoms with E-state index in [0.717, 1.165) is 53.5 Å². The Balaban J connectivity index is 1.40. The molecule has 0 aliphatic heterocycles. The Morgan fingerprint density at radius 1 is 0.931 bits per heavy atom. The predicted octanol–water partition coefficient (Wildman–Crippen LogP) is 6.45. The summed E-state index contributed by atoms with van der Waals surface area (Å²) in [6.45, 7) is 3.63. The van der Waals surface area contributed by atoms with E-state index in [1.54, 1.807) is 0 Å². The third kappa shape index (κ3) is 4.80. The molecule has 0 aliphatic rings. The fourth-order valence-corrected chi connectivity index (χ4v) is 3.67. The monoisotopic (exact) mass is 404 g/mol. The molecule has 0 N–H and O–H groups in total. The number of nitrogens with zero attached hydrogens (tertiary/aromatic N) is 2. The van der Waals surface area contributed by atoms with Crippen molar-refractivity contribution in [2.24, 2.45) is 0 Å². The molecule has 29 heavy (non-hydrogen) atoms. The number of unbranched alkanes of at least 4 members (excludes halogenated alkanes) is 1. The first kappa shape index (κ1) is 19.5. The summed E-state index contributed by atoms with van der Waals surface area (Å²) in [6.07, 6.45) is 2.86. The highest BCUT2D eigenvalue weighted by molar-refractivity contribution is 6.31. The Morgan fingerprint density at radius 2 is 1.72 bits per heavy atom. The van der Waals surface area contributed by atoms with Crippen LogP contribution in [0, 0.1) is 6.92 Å². The topological polar surface area (TPSA) is 27.1 Å². The number of aromatic nitrogens is 2. The van der Waals surface area contributed by atoms with Gasteiger partial charge in [-0.2, -0.15) is 0 Å². The Morgan fingerprint density at radius 3 is 2.55 bits per heavy atom. The van der Waals surface area contributed by atoms with Gasteiger partial charge in [-0.1, -0.05) is 54.1 Å². The van der Waals surface area contributed by atoms with Crippen molar-refractivity contribution in [2.45, 2.75) is 32.7 Å². The summed E-state index contributed by atoms with van der Waals surface area (Å²) in [7, 11) is 0. The lowest BCUT2D eigenvalue weighted by Gasteiger charge is -2.11. The van der Waals surface area contributed by atoms with Crippen molar-refractivity contribution in [3.8, 4) is 5.75 Å². The molecule has 0 radical (unpaired) electrons. The van der Waals surface area contributed by atoms with Gasteiger partial charge in [0.1, 0.15) is 11.6 Å². The molecule has 0 bridgehead atoms. The minimum atomic E-state index is 0.696. The third-order valence-electron chi connectivity index (χ3n) is 5.11. The number of imidazole rings is 1. The van der Waals surface area contributed by atoms with E-state index in [2.05, 4.69) is 53.1 Å². The van der Waals surface area contributed by atoms with E-state index < -0.39 is 0 Å². The average Bonchev–Trinajstić information content (AvgIpc) is 3.08. The number of hydrogen-bond acceptors (Lipinski definition) is 2. The Labute approximate surface area is 176 Å². The summed E-state index contributed by atoms with van der Waals surface area (Å²) in [5.74, 6) is 2.00. The molecule has 4 rings (SSSR count).